The summed E-state index contributed by atoms with van der Waals surface area (Å²) in [6, 6.07) is 5.00. The van der Waals surface area contributed by atoms with Crippen molar-refractivity contribution in [2.45, 2.75) is 19.0 Å². The summed E-state index contributed by atoms with van der Waals surface area (Å²) in [4.78, 5) is 21.4. The molecule has 1 saturated heterocycles. The summed E-state index contributed by atoms with van der Waals surface area (Å²) in [7, 11) is 0. The molecular formula is C11H12BrN3O3. The number of amides is 1. The molecule has 6 nitrogen and oxygen atoms in total. The lowest BCUT2D eigenvalue weighted by Gasteiger charge is -2.11. The van der Waals surface area contributed by atoms with Crippen LogP contribution in [0.5, 0.6) is 0 Å². The normalized spacial score (nSPS) is 18.7. The summed E-state index contributed by atoms with van der Waals surface area (Å²) < 4.78 is 0.486. The Bertz CT molecular complexity index is 492. The van der Waals surface area contributed by atoms with Crippen LogP contribution in [0.2, 0.25) is 0 Å². The summed E-state index contributed by atoms with van der Waals surface area (Å²) in [5.41, 5.74) is 0.860. The largest absolute Gasteiger partial charge is 0.354 e. The highest BCUT2D eigenvalue weighted by molar-refractivity contribution is 9.10. The fourth-order valence-electron chi connectivity index (χ4n) is 1.85. The fourth-order valence-corrected chi connectivity index (χ4v) is 2.40. The second-order valence-corrected chi connectivity index (χ2v) is 4.89. The van der Waals surface area contributed by atoms with Gasteiger partial charge in [-0.05, 0) is 21.5 Å². The summed E-state index contributed by atoms with van der Waals surface area (Å²) in [5, 5.41) is 16.7. The van der Waals surface area contributed by atoms with Gasteiger partial charge in [0.05, 0.1) is 9.40 Å². The van der Waals surface area contributed by atoms with Crippen LogP contribution >= 0.6 is 15.9 Å². The number of nitro benzene ring substituents is 1. The van der Waals surface area contributed by atoms with Crippen LogP contribution in [0.1, 0.15) is 12.0 Å². The van der Waals surface area contributed by atoms with Crippen molar-refractivity contribution in [3.8, 4) is 0 Å². The number of carbonyl (C=O) groups excluding carboxylic acids is 1. The molecule has 0 aliphatic carbocycles. The van der Waals surface area contributed by atoms with E-state index in [1.807, 2.05) is 6.07 Å². The van der Waals surface area contributed by atoms with Crippen molar-refractivity contribution in [3.05, 3.63) is 38.3 Å². The molecule has 1 heterocycles. The average Bonchev–Trinajstić information content (AvgIpc) is 2.73. The Morgan fingerprint density at radius 1 is 1.56 bits per heavy atom. The quantitative estimate of drug-likeness (QED) is 0.649. The Kier molecular flexibility index (Phi) is 3.93. The molecule has 1 unspecified atom stereocenters. The van der Waals surface area contributed by atoms with Crippen LogP contribution in [0, 0.1) is 10.1 Å². The van der Waals surface area contributed by atoms with E-state index in [-0.39, 0.29) is 17.6 Å². The SMILES string of the molecule is O=C1CC(NCc2cccc([N+](=O)[O-])c2Br)CN1. The molecule has 0 saturated carbocycles. The minimum absolute atomic E-state index is 0.0330. The standard InChI is InChI=1S/C11H12BrN3O3/c12-11-7(2-1-3-9(11)15(17)18)5-13-8-4-10(16)14-6-8/h1-3,8,13H,4-6H2,(H,14,16). The van der Waals surface area contributed by atoms with Gasteiger partial charge < -0.3 is 10.6 Å². The number of nitrogens with zero attached hydrogens (tertiary/aromatic N) is 1. The number of hydrogen-bond acceptors (Lipinski definition) is 4. The van der Waals surface area contributed by atoms with Gasteiger partial charge in [0.1, 0.15) is 0 Å². The lowest BCUT2D eigenvalue weighted by molar-refractivity contribution is -0.385. The van der Waals surface area contributed by atoms with Crippen LogP contribution in [-0.4, -0.2) is 23.4 Å². The van der Waals surface area contributed by atoms with E-state index >= 15 is 0 Å². The van der Waals surface area contributed by atoms with Gasteiger partial charge in [-0.15, -0.1) is 0 Å². The number of halogens is 1. The highest BCUT2D eigenvalue weighted by Gasteiger charge is 2.21. The number of benzene rings is 1. The second kappa shape index (κ2) is 5.45. The van der Waals surface area contributed by atoms with Gasteiger partial charge >= 0.3 is 0 Å². The first-order valence-corrected chi connectivity index (χ1v) is 6.29. The topological polar surface area (TPSA) is 84.3 Å². The Hall–Kier alpha value is -1.47. The van der Waals surface area contributed by atoms with Crippen LogP contribution in [0.15, 0.2) is 22.7 Å². The van der Waals surface area contributed by atoms with Gasteiger partial charge in [0.25, 0.3) is 5.69 Å². The first-order chi connectivity index (χ1) is 8.58. The van der Waals surface area contributed by atoms with Crippen LogP contribution < -0.4 is 10.6 Å². The van der Waals surface area contributed by atoms with E-state index < -0.39 is 4.92 Å². The van der Waals surface area contributed by atoms with Crippen LogP contribution in [0.4, 0.5) is 5.69 Å². The molecule has 0 aromatic heterocycles. The van der Waals surface area contributed by atoms with Crippen molar-refractivity contribution in [2.24, 2.45) is 0 Å². The second-order valence-electron chi connectivity index (χ2n) is 4.09. The predicted molar refractivity (Wildman–Crippen MR) is 69.1 cm³/mol. The lowest BCUT2D eigenvalue weighted by Crippen LogP contribution is -2.30. The number of carbonyl (C=O) groups is 1. The lowest BCUT2D eigenvalue weighted by atomic mass is 10.2. The molecule has 7 heteroatoms. The molecule has 0 spiro atoms. The number of rotatable bonds is 4. The highest BCUT2D eigenvalue weighted by Crippen LogP contribution is 2.28. The van der Waals surface area contributed by atoms with Crippen molar-refractivity contribution in [3.63, 3.8) is 0 Å². The first-order valence-electron chi connectivity index (χ1n) is 5.50. The molecule has 18 heavy (non-hydrogen) atoms. The highest BCUT2D eigenvalue weighted by atomic mass is 79.9. The van der Waals surface area contributed by atoms with Crippen molar-refractivity contribution < 1.29 is 9.72 Å². The maximum Gasteiger partial charge on any atom is 0.283 e. The van der Waals surface area contributed by atoms with Gasteiger partial charge in [0.2, 0.25) is 5.91 Å². The third-order valence-electron chi connectivity index (χ3n) is 2.81. The van der Waals surface area contributed by atoms with E-state index in [0.29, 0.717) is 24.0 Å². The molecule has 1 fully saturated rings. The van der Waals surface area contributed by atoms with E-state index in [1.165, 1.54) is 6.07 Å². The monoisotopic (exact) mass is 313 g/mol. The van der Waals surface area contributed by atoms with Gasteiger partial charge in [0, 0.05) is 31.6 Å². The van der Waals surface area contributed by atoms with Crippen molar-refractivity contribution in [1.82, 2.24) is 10.6 Å². The van der Waals surface area contributed by atoms with Crippen molar-refractivity contribution in [1.29, 1.82) is 0 Å². The average molecular weight is 314 g/mol. The van der Waals surface area contributed by atoms with Crippen LogP contribution in [0.3, 0.4) is 0 Å². The first kappa shape index (κ1) is 13.0. The summed E-state index contributed by atoms with van der Waals surface area (Å²) in [6.07, 6.45) is 0.451. The molecular weight excluding hydrogens is 302 g/mol. The Morgan fingerprint density at radius 2 is 2.33 bits per heavy atom. The minimum Gasteiger partial charge on any atom is -0.354 e. The number of nitro groups is 1. The van der Waals surface area contributed by atoms with Crippen molar-refractivity contribution >= 4 is 27.5 Å². The van der Waals surface area contributed by atoms with E-state index in [9.17, 15) is 14.9 Å². The Labute approximate surface area is 112 Å². The summed E-state index contributed by atoms with van der Waals surface area (Å²) in [6.45, 7) is 1.09. The molecule has 96 valence electrons. The third kappa shape index (κ3) is 2.85. The fraction of sp³-hybridized carbons (Fsp3) is 0.364. The van der Waals surface area contributed by atoms with Crippen LogP contribution in [-0.2, 0) is 11.3 Å². The van der Waals surface area contributed by atoms with Crippen molar-refractivity contribution in [2.75, 3.05) is 6.54 Å². The molecule has 0 bridgehead atoms. The van der Waals surface area contributed by atoms with Gasteiger partial charge in [-0.25, -0.2) is 0 Å². The molecule has 1 aliphatic rings. The molecule has 2 rings (SSSR count). The van der Waals surface area contributed by atoms with E-state index in [4.69, 9.17) is 0 Å². The molecule has 1 atom stereocenters. The van der Waals surface area contributed by atoms with Gasteiger partial charge in [-0.1, -0.05) is 12.1 Å². The molecule has 0 radical (unpaired) electrons. The summed E-state index contributed by atoms with van der Waals surface area (Å²) >= 11 is 3.24. The molecule has 1 aromatic rings. The van der Waals surface area contributed by atoms with Gasteiger partial charge in [-0.2, -0.15) is 0 Å². The zero-order valence-electron chi connectivity index (χ0n) is 9.48. The molecule has 1 aliphatic heterocycles. The van der Waals surface area contributed by atoms with Gasteiger partial charge in [-0.3, -0.25) is 14.9 Å². The zero-order valence-corrected chi connectivity index (χ0v) is 11.1. The Balaban J connectivity index is 2.03. The van der Waals surface area contributed by atoms with E-state index in [2.05, 4.69) is 26.6 Å². The van der Waals surface area contributed by atoms with Gasteiger partial charge in [0.15, 0.2) is 0 Å². The Morgan fingerprint density at radius 3 is 2.94 bits per heavy atom. The smallest absolute Gasteiger partial charge is 0.283 e. The summed E-state index contributed by atoms with van der Waals surface area (Å²) in [5.74, 6) is 0.0330. The number of nitrogens with one attached hydrogen (secondary N) is 2. The predicted octanol–water partition coefficient (Wildman–Crippen LogP) is 1.34. The number of hydrogen-bond donors (Lipinski definition) is 2. The molecule has 1 aromatic carbocycles. The molecule has 1 amide bonds. The molecule has 2 N–H and O–H groups in total. The minimum atomic E-state index is -0.422. The third-order valence-corrected chi connectivity index (χ3v) is 3.73. The van der Waals surface area contributed by atoms with Crippen LogP contribution in [0.25, 0.3) is 0 Å². The maximum atomic E-state index is 11.0. The van der Waals surface area contributed by atoms with E-state index in [0.717, 1.165) is 5.56 Å². The maximum absolute atomic E-state index is 11.0. The van der Waals surface area contributed by atoms with E-state index in [1.54, 1.807) is 6.07 Å². The zero-order chi connectivity index (χ0) is 13.1.